The van der Waals surface area contributed by atoms with Crippen LogP contribution in [-0.4, -0.2) is 18.0 Å². The highest BCUT2D eigenvalue weighted by atomic mass is 79.9. The molecule has 0 N–H and O–H groups in total. The van der Waals surface area contributed by atoms with E-state index in [1.165, 1.54) is 48.8 Å². The van der Waals surface area contributed by atoms with Crippen LogP contribution < -0.4 is 0 Å². The molecule has 0 aromatic heterocycles. The highest BCUT2D eigenvalue weighted by molar-refractivity contribution is 9.10. The maximum Gasteiger partial charge on any atom is 0.0245 e. The number of nitrogens with zero attached hydrogens (tertiary/aromatic N) is 1. The van der Waals surface area contributed by atoms with Crippen LogP contribution in [0.3, 0.4) is 0 Å². The molecule has 0 amide bonds. The Hall–Kier alpha value is -0.340. The van der Waals surface area contributed by atoms with E-state index in [4.69, 9.17) is 0 Å². The molecule has 0 spiro atoms. The van der Waals surface area contributed by atoms with Crippen LogP contribution in [0.1, 0.15) is 31.2 Å². The van der Waals surface area contributed by atoms with Gasteiger partial charge in [-0.15, -0.1) is 0 Å². The van der Waals surface area contributed by atoms with Crippen molar-refractivity contribution in [3.63, 3.8) is 0 Å². The van der Waals surface area contributed by atoms with Crippen molar-refractivity contribution in [1.29, 1.82) is 0 Å². The van der Waals surface area contributed by atoms with Gasteiger partial charge in [-0.3, -0.25) is 4.90 Å². The highest BCUT2D eigenvalue weighted by Gasteiger charge is 2.29. The molecular weight excluding hydrogens is 274 g/mol. The van der Waals surface area contributed by atoms with Crippen LogP contribution in [0.4, 0.5) is 0 Å². The van der Waals surface area contributed by atoms with Crippen molar-refractivity contribution in [2.45, 2.75) is 32.2 Å². The first-order valence-corrected chi connectivity index (χ1v) is 7.56. The van der Waals surface area contributed by atoms with Crippen molar-refractivity contribution >= 4 is 15.9 Å². The first-order chi connectivity index (χ1) is 8.31. The summed E-state index contributed by atoms with van der Waals surface area (Å²) in [6.07, 6.45) is 5.82. The molecule has 2 heteroatoms. The van der Waals surface area contributed by atoms with Crippen LogP contribution in [0, 0.1) is 11.8 Å². The Morgan fingerprint density at radius 1 is 1.00 bits per heavy atom. The van der Waals surface area contributed by atoms with Crippen molar-refractivity contribution in [1.82, 2.24) is 4.90 Å². The molecule has 1 nitrogen and oxygen atoms in total. The summed E-state index contributed by atoms with van der Waals surface area (Å²) in [5, 5.41) is 0. The first kappa shape index (κ1) is 11.7. The molecule has 92 valence electrons. The van der Waals surface area contributed by atoms with Crippen molar-refractivity contribution in [3.8, 4) is 0 Å². The normalized spacial score (nSPS) is 19.9. The van der Waals surface area contributed by atoms with Gasteiger partial charge in [-0.2, -0.15) is 0 Å². The van der Waals surface area contributed by atoms with E-state index in [0.29, 0.717) is 0 Å². The van der Waals surface area contributed by atoms with Gasteiger partial charge in [0.05, 0.1) is 0 Å². The van der Waals surface area contributed by atoms with Crippen LogP contribution in [0.15, 0.2) is 28.7 Å². The highest BCUT2D eigenvalue weighted by Crippen LogP contribution is 2.34. The summed E-state index contributed by atoms with van der Waals surface area (Å²) in [7, 11) is 0. The molecule has 0 saturated heterocycles. The molecule has 2 aliphatic rings. The summed E-state index contributed by atoms with van der Waals surface area (Å²) >= 11 is 3.66. The second-order valence-electron chi connectivity index (χ2n) is 5.67. The number of halogens is 1. The van der Waals surface area contributed by atoms with E-state index in [2.05, 4.69) is 45.1 Å². The van der Waals surface area contributed by atoms with E-state index in [1.807, 2.05) is 0 Å². The molecule has 2 fully saturated rings. The fourth-order valence-corrected chi connectivity index (χ4v) is 2.81. The topological polar surface area (TPSA) is 3.24 Å². The maximum atomic E-state index is 3.66. The number of rotatable bonds is 6. The van der Waals surface area contributed by atoms with Gasteiger partial charge in [0.1, 0.15) is 0 Å². The first-order valence-electron chi connectivity index (χ1n) is 6.77. The maximum absolute atomic E-state index is 3.66. The average molecular weight is 294 g/mol. The molecule has 3 rings (SSSR count). The minimum absolute atomic E-state index is 0.997. The minimum Gasteiger partial charge on any atom is -0.298 e. The molecule has 0 bridgehead atoms. The van der Waals surface area contributed by atoms with E-state index in [1.54, 1.807) is 0 Å². The van der Waals surface area contributed by atoms with Gasteiger partial charge < -0.3 is 0 Å². The molecule has 0 unspecified atom stereocenters. The lowest BCUT2D eigenvalue weighted by Gasteiger charge is -2.22. The predicted molar refractivity (Wildman–Crippen MR) is 74.9 cm³/mol. The lowest BCUT2D eigenvalue weighted by Crippen LogP contribution is -2.28. The van der Waals surface area contributed by atoms with Crippen LogP contribution in [-0.2, 0) is 6.54 Å². The predicted octanol–water partition coefficient (Wildman–Crippen LogP) is 4.07. The van der Waals surface area contributed by atoms with E-state index < -0.39 is 0 Å². The summed E-state index contributed by atoms with van der Waals surface area (Å²) < 4.78 is 1.26. The lowest BCUT2D eigenvalue weighted by molar-refractivity contribution is 0.244. The van der Waals surface area contributed by atoms with Crippen LogP contribution in [0.25, 0.3) is 0 Å². The third-order valence-corrected chi connectivity index (χ3v) is 4.55. The summed E-state index contributed by atoms with van der Waals surface area (Å²) in [6.45, 7) is 3.75. The zero-order valence-corrected chi connectivity index (χ0v) is 11.8. The standard InChI is InChI=1S/C15H20BrN/c16-15-4-2-1-3-14(15)11-17(9-12-5-6-12)10-13-7-8-13/h1-4,12-13H,5-11H2. The monoisotopic (exact) mass is 293 g/mol. The summed E-state index contributed by atoms with van der Waals surface area (Å²) in [5.41, 5.74) is 1.44. The number of hydrogen-bond donors (Lipinski definition) is 0. The van der Waals surface area contributed by atoms with Gasteiger partial charge in [0.2, 0.25) is 0 Å². The second-order valence-corrected chi connectivity index (χ2v) is 6.53. The van der Waals surface area contributed by atoms with Crippen molar-refractivity contribution < 1.29 is 0 Å². The summed E-state index contributed by atoms with van der Waals surface area (Å²) in [4.78, 5) is 2.68. The zero-order chi connectivity index (χ0) is 11.7. The van der Waals surface area contributed by atoms with Gasteiger partial charge in [0, 0.05) is 24.1 Å². The van der Waals surface area contributed by atoms with E-state index in [0.717, 1.165) is 18.4 Å². The van der Waals surface area contributed by atoms with Crippen molar-refractivity contribution in [3.05, 3.63) is 34.3 Å². The number of benzene rings is 1. The Morgan fingerprint density at radius 2 is 1.59 bits per heavy atom. The Labute approximate surface area is 112 Å². The minimum atomic E-state index is 0.997. The lowest BCUT2D eigenvalue weighted by atomic mass is 10.2. The van der Waals surface area contributed by atoms with Crippen LogP contribution in [0.2, 0.25) is 0 Å². The smallest absolute Gasteiger partial charge is 0.0245 e. The summed E-state index contributed by atoms with van der Waals surface area (Å²) in [6, 6.07) is 8.64. The van der Waals surface area contributed by atoms with E-state index in [9.17, 15) is 0 Å². The molecule has 2 saturated carbocycles. The molecule has 1 aromatic carbocycles. The Bertz CT molecular complexity index is 368. The van der Waals surface area contributed by atoms with Gasteiger partial charge in [-0.1, -0.05) is 34.1 Å². The van der Waals surface area contributed by atoms with Crippen LogP contribution in [0.5, 0.6) is 0 Å². The zero-order valence-electron chi connectivity index (χ0n) is 10.2. The van der Waals surface area contributed by atoms with E-state index >= 15 is 0 Å². The van der Waals surface area contributed by atoms with Crippen molar-refractivity contribution in [2.75, 3.05) is 13.1 Å². The Kier molecular flexibility index (Phi) is 3.53. The molecule has 0 heterocycles. The quantitative estimate of drug-likeness (QED) is 0.764. The van der Waals surface area contributed by atoms with Gasteiger partial charge in [0.15, 0.2) is 0 Å². The third-order valence-electron chi connectivity index (χ3n) is 3.78. The fourth-order valence-electron chi connectivity index (χ4n) is 2.40. The Balaban J connectivity index is 1.63. The van der Waals surface area contributed by atoms with Gasteiger partial charge in [-0.25, -0.2) is 0 Å². The van der Waals surface area contributed by atoms with E-state index in [-0.39, 0.29) is 0 Å². The van der Waals surface area contributed by atoms with Gasteiger partial charge in [-0.05, 0) is 49.1 Å². The molecule has 0 aliphatic heterocycles. The molecule has 0 atom stereocenters. The molecule has 0 radical (unpaired) electrons. The van der Waals surface area contributed by atoms with Gasteiger partial charge in [0.25, 0.3) is 0 Å². The molecular formula is C15H20BrN. The largest absolute Gasteiger partial charge is 0.298 e. The SMILES string of the molecule is Brc1ccccc1CN(CC1CC1)CC1CC1. The molecule has 2 aliphatic carbocycles. The second kappa shape index (κ2) is 5.11. The van der Waals surface area contributed by atoms with Crippen LogP contribution >= 0.6 is 15.9 Å². The average Bonchev–Trinajstić information content (AvgIpc) is 3.17. The number of hydrogen-bond acceptors (Lipinski definition) is 1. The van der Waals surface area contributed by atoms with Gasteiger partial charge >= 0.3 is 0 Å². The Morgan fingerprint density at radius 3 is 2.12 bits per heavy atom. The van der Waals surface area contributed by atoms with Crippen molar-refractivity contribution in [2.24, 2.45) is 11.8 Å². The molecule has 17 heavy (non-hydrogen) atoms. The summed E-state index contributed by atoms with van der Waals surface area (Å²) in [5.74, 6) is 1.99. The molecule has 1 aromatic rings. The third kappa shape index (κ3) is 3.56. The fraction of sp³-hybridized carbons (Fsp3) is 0.600.